The highest BCUT2D eigenvalue weighted by Crippen LogP contribution is 2.32. The third-order valence-corrected chi connectivity index (χ3v) is 6.67. The first-order valence-electron chi connectivity index (χ1n) is 12.6. The Labute approximate surface area is 230 Å². The van der Waals surface area contributed by atoms with E-state index in [1.165, 1.54) is 4.90 Å². The zero-order valence-corrected chi connectivity index (χ0v) is 22.0. The summed E-state index contributed by atoms with van der Waals surface area (Å²) in [4.78, 5) is 39.0. The third-order valence-electron chi connectivity index (χ3n) is 6.67. The first-order chi connectivity index (χ1) is 19.3. The summed E-state index contributed by atoms with van der Waals surface area (Å²) in [6.07, 6.45) is 1.45. The lowest BCUT2D eigenvalue weighted by molar-refractivity contribution is -0.384. The van der Waals surface area contributed by atoms with E-state index in [-0.39, 0.29) is 34.3 Å². The Kier molecular flexibility index (Phi) is 8.26. The van der Waals surface area contributed by atoms with Gasteiger partial charge in [0.25, 0.3) is 17.5 Å². The molecule has 0 unspecified atom stereocenters. The van der Waals surface area contributed by atoms with Crippen LogP contribution in [0.5, 0.6) is 0 Å². The van der Waals surface area contributed by atoms with E-state index in [0.717, 1.165) is 42.9 Å². The summed E-state index contributed by atoms with van der Waals surface area (Å²) in [5.41, 5.74) is 2.60. The van der Waals surface area contributed by atoms with Crippen LogP contribution in [0.2, 0.25) is 0 Å². The SMILES string of the molecule is CCN(CCCCN1C(=O)c2ccccc2C1=O)c1ccc(N=Nc2c(C#N)cc([N+](=O)[O-])cc2C#N)c(C)c1. The molecule has 0 spiro atoms. The number of imide groups is 1. The predicted octanol–water partition coefficient (Wildman–Crippen LogP) is 5.96. The lowest BCUT2D eigenvalue weighted by Gasteiger charge is -2.24. The van der Waals surface area contributed by atoms with E-state index in [0.29, 0.717) is 29.8 Å². The molecule has 1 aliphatic rings. The number of non-ortho nitro benzene ring substituents is 1. The Morgan fingerprint density at radius 3 is 2.10 bits per heavy atom. The number of nitro groups is 1. The molecule has 0 radical (unpaired) electrons. The second kappa shape index (κ2) is 12.0. The zero-order chi connectivity index (χ0) is 28.8. The summed E-state index contributed by atoms with van der Waals surface area (Å²) in [7, 11) is 0. The number of nitro benzene ring substituents is 1. The van der Waals surface area contributed by atoms with Crippen molar-refractivity contribution in [3.05, 3.63) is 92.5 Å². The van der Waals surface area contributed by atoms with Crippen LogP contribution in [0.1, 0.15) is 57.2 Å². The molecule has 3 aromatic carbocycles. The monoisotopic (exact) mass is 535 g/mol. The van der Waals surface area contributed by atoms with Crippen LogP contribution < -0.4 is 4.90 Å². The van der Waals surface area contributed by atoms with Crippen LogP contribution in [-0.4, -0.2) is 41.3 Å². The first-order valence-corrected chi connectivity index (χ1v) is 12.6. The minimum absolute atomic E-state index is 0.0210. The van der Waals surface area contributed by atoms with Crippen molar-refractivity contribution in [2.75, 3.05) is 24.5 Å². The van der Waals surface area contributed by atoms with Gasteiger partial charge >= 0.3 is 0 Å². The molecule has 3 aromatic rings. The maximum atomic E-state index is 12.6. The Morgan fingerprint density at radius 2 is 1.57 bits per heavy atom. The minimum atomic E-state index is -0.671. The number of fused-ring (bicyclic) bond motifs is 1. The predicted molar refractivity (Wildman–Crippen MR) is 147 cm³/mol. The molecule has 0 fully saturated rings. The van der Waals surface area contributed by atoms with Crippen molar-refractivity contribution in [3.8, 4) is 12.1 Å². The van der Waals surface area contributed by atoms with Crippen LogP contribution in [0, 0.1) is 39.7 Å². The number of nitriles is 2. The van der Waals surface area contributed by atoms with Crippen LogP contribution in [0.15, 0.2) is 64.8 Å². The minimum Gasteiger partial charge on any atom is -0.372 e. The number of rotatable bonds is 10. The van der Waals surface area contributed by atoms with Crippen molar-refractivity contribution < 1.29 is 14.5 Å². The van der Waals surface area contributed by atoms with Gasteiger partial charge in [0.15, 0.2) is 0 Å². The van der Waals surface area contributed by atoms with E-state index in [9.17, 15) is 30.2 Å². The average Bonchev–Trinajstić information content (AvgIpc) is 3.20. The molecule has 1 heterocycles. The molecule has 40 heavy (non-hydrogen) atoms. The molecular formula is C29H25N7O4. The fourth-order valence-electron chi connectivity index (χ4n) is 4.54. The molecule has 0 atom stereocenters. The molecule has 11 heteroatoms. The maximum Gasteiger partial charge on any atom is 0.272 e. The number of hydrogen-bond acceptors (Lipinski definition) is 9. The molecule has 0 aliphatic carbocycles. The molecule has 200 valence electrons. The summed E-state index contributed by atoms with van der Waals surface area (Å²) in [5, 5.41) is 38.2. The smallest absolute Gasteiger partial charge is 0.272 e. The average molecular weight is 536 g/mol. The van der Waals surface area contributed by atoms with Crippen molar-refractivity contribution in [1.29, 1.82) is 10.5 Å². The standard InChI is InChI=1S/C29H25N7O4/c1-3-34(12-6-7-13-35-28(37)24-8-4-5-9-25(24)29(35)38)22-10-11-26(19(2)14-22)32-33-27-20(17-30)15-23(36(39)40)16-21(27)18-31/h4-5,8-11,14-16H,3,6-7,12-13H2,1-2H3. The Hall–Kier alpha value is -5.42. The number of benzene rings is 3. The number of hydrogen-bond donors (Lipinski definition) is 0. The molecule has 11 nitrogen and oxygen atoms in total. The van der Waals surface area contributed by atoms with Crippen molar-refractivity contribution in [3.63, 3.8) is 0 Å². The zero-order valence-electron chi connectivity index (χ0n) is 22.0. The van der Waals surface area contributed by atoms with Crippen molar-refractivity contribution in [1.82, 2.24) is 4.90 Å². The second-order valence-electron chi connectivity index (χ2n) is 9.14. The van der Waals surface area contributed by atoms with Crippen LogP contribution in [0.4, 0.5) is 22.7 Å². The molecule has 0 saturated heterocycles. The van der Waals surface area contributed by atoms with Gasteiger partial charge in [-0.25, -0.2) is 0 Å². The highest BCUT2D eigenvalue weighted by molar-refractivity contribution is 6.21. The van der Waals surface area contributed by atoms with Crippen LogP contribution >= 0.6 is 0 Å². The maximum absolute atomic E-state index is 12.6. The van der Waals surface area contributed by atoms with E-state index in [2.05, 4.69) is 15.1 Å². The second-order valence-corrected chi connectivity index (χ2v) is 9.14. The fourth-order valence-corrected chi connectivity index (χ4v) is 4.54. The topological polar surface area (TPSA) is 156 Å². The number of nitrogens with zero attached hydrogens (tertiary/aromatic N) is 7. The molecule has 0 aromatic heterocycles. The van der Waals surface area contributed by atoms with Gasteiger partial charge in [0.05, 0.1) is 32.9 Å². The number of amides is 2. The normalized spacial score (nSPS) is 12.3. The van der Waals surface area contributed by atoms with Crippen LogP contribution in [0.25, 0.3) is 0 Å². The highest BCUT2D eigenvalue weighted by Gasteiger charge is 2.34. The summed E-state index contributed by atoms with van der Waals surface area (Å²) >= 11 is 0. The molecule has 0 bridgehead atoms. The Balaban J connectivity index is 1.41. The van der Waals surface area contributed by atoms with Crippen molar-refractivity contribution in [2.24, 2.45) is 10.2 Å². The van der Waals surface area contributed by atoms with Crippen molar-refractivity contribution in [2.45, 2.75) is 26.7 Å². The largest absolute Gasteiger partial charge is 0.372 e. The fraction of sp³-hybridized carbons (Fsp3) is 0.241. The van der Waals surface area contributed by atoms with Gasteiger partial charge in [0.1, 0.15) is 17.8 Å². The number of anilines is 1. The van der Waals surface area contributed by atoms with E-state index >= 15 is 0 Å². The quantitative estimate of drug-likeness (QED) is 0.102. The molecule has 4 rings (SSSR count). The van der Waals surface area contributed by atoms with E-state index in [1.807, 2.05) is 38.1 Å². The molecule has 1 aliphatic heterocycles. The highest BCUT2D eigenvalue weighted by atomic mass is 16.6. The van der Waals surface area contributed by atoms with E-state index in [1.54, 1.807) is 30.3 Å². The van der Waals surface area contributed by atoms with Crippen molar-refractivity contribution >= 4 is 34.6 Å². The van der Waals surface area contributed by atoms with Gasteiger partial charge < -0.3 is 4.90 Å². The summed E-state index contributed by atoms with van der Waals surface area (Å²) < 4.78 is 0. The summed E-state index contributed by atoms with van der Waals surface area (Å²) in [6, 6.07) is 18.3. The van der Waals surface area contributed by atoms with Gasteiger partial charge in [-0.2, -0.15) is 15.6 Å². The van der Waals surface area contributed by atoms with E-state index < -0.39 is 4.92 Å². The Bertz CT molecular complexity index is 1550. The third kappa shape index (κ3) is 5.54. The molecule has 2 amide bonds. The number of carbonyl (C=O) groups is 2. The van der Waals surface area contributed by atoms with E-state index in [4.69, 9.17) is 0 Å². The van der Waals surface area contributed by atoms with Gasteiger partial charge in [0, 0.05) is 37.5 Å². The summed E-state index contributed by atoms with van der Waals surface area (Å²) in [5.74, 6) is -0.489. The lowest BCUT2D eigenvalue weighted by atomic mass is 10.1. The summed E-state index contributed by atoms with van der Waals surface area (Å²) in [6.45, 7) is 5.72. The van der Waals surface area contributed by atoms with Gasteiger partial charge in [-0.15, -0.1) is 5.11 Å². The molecular weight excluding hydrogens is 510 g/mol. The Morgan fingerprint density at radius 1 is 0.950 bits per heavy atom. The van der Waals surface area contributed by atoms with Gasteiger partial charge in [-0.05, 0) is 62.6 Å². The molecule has 0 N–H and O–H groups in total. The van der Waals surface area contributed by atoms with Crippen LogP contribution in [-0.2, 0) is 0 Å². The lowest BCUT2D eigenvalue weighted by Crippen LogP contribution is -2.31. The van der Waals surface area contributed by atoms with Gasteiger partial charge in [-0.1, -0.05) is 12.1 Å². The van der Waals surface area contributed by atoms with Crippen LogP contribution in [0.3, 0.4) is 0 Å². The number of carbonyl (C=O) groups excluding carboxylic acids is 2. The molecule has 0 saturated carbocycles. The number of aryl methyl sites for hydroxylation is 1. The number of azo groups is 1. The van der Waals surface area contributed by atoms with Gasteiger partial charge in [0.2, 0.25) is 0 Å². The number of unbranched alkanes of at least 4 members (excludes halogenated alkanes) is 1. The first kappa shape index (κ1) is 27.6. The van der Waals surface area contributed by atoms with Gasteiger partial charge in [-0.3, -0.25) is 24.6 Å².